The Kier molecular flexibility index (Phi) is 6.75. The fraction of sp³-hybridized carbons (Fsp3) is 0. The third kappa shape index (κ3) is 4.33. The SMILES string of the molecule is c1ccc(-c2ccc(N(c3ccc(-c4ccccc4)cc3)c3ccc4[c](c3)[Ge]3([c]5ccccc5-c5cccc[c]53)[c]3ccccc3-4)cc2)cc1. The summed E-state index contributed by atoms with van der Waals surface area (Å²) >= 11 is -3.32. The molecule has 0 unspecified atom stereocenters. The van der Waals surface area contributed by atoms with Crippen molar-refractivity contribution in [2.24, 2.45) is 0 Å². The summed E-state index contributed by atoms with van der Waals surface area (Å²) < 4.78 is 6.15. The molecule has 234 valence electrons. The zero-order valence-corrected chi connectivity index (χ0v) is 29.6. The van der Waals surface area contributed by atoms with Crippen LogP contribution in [0.5, 0.6) is 0 Å². The molecule has 0 fully saturated rings. The Hall–Kier alpha value is -5.90. The van der Waals surface area contributed by atoms with Crippen molar-refractivity contribution in [2.75, 3.05) is 4.90 Å². The zero-order chi connectivity index (χ0) is 33.1. The minimum atomic E-state index is -3.32. The number of rotatable bonds is 5. The second-order valence-electron chi connectivity index (χ2n) is 13.3. The van der Waals surface area contributed by atoms with E-state index < -0.39 is 13.3 Å². The molecule has 2 aliphatic rings. The number of benzene rings is 8. The van der Waals surface area contributed by atoms with Gasteiger partial charge < -0.3 is 0 Å². The molecule has 50 heavy (non-hydrogen) atoms. The number of anilines is 3. The molecule has 0 amide bonds. The number of fused-ring (bicyclic) bond motifs is 10. The average molecular weight is 696 g/mol. The molecule has 2 heteroatoms. The van der Waals surface area contributed by atoms with E-state index in [-0.39, 0.29) is 0 Å². The summed E-state index contributed by atoms with van der Waals surface area (Å²) in [6, 6.07) is 74.3. The molecule has 8 aromatic carbocycles. The van der Waals surface area contributed by atoms with Crippen LogP contribution < -0.4 is 22.5 Å². The Labute approximate surface area is 296 Å². The maximum atomic E-state index is 2.55. The molecule has 8 aromatic rings. The van der Waals surface area contributed by atoms with Crippen molar-refractivity contribution in [1.29, 1.82) is 0 Å². The Morgan fingerprint density at radius 1 is 0.260 bits per heavy atom. The summed E-state index contributed by atoms with van der Waals surface area (Å²) in [5.41, 5.74) is 13.9. The summed E-state index contributed by atoms with van der Waals surface area (Å²) in [4.78, 5) is 2.44. The first-order chi connectivity index (χ1) is 24.8. The van der Waals surface area contributed by atoms with Gasteiger partial charge in [-0.2, -0.15) is 0 Å². The van der Waals surface area contributed by atoms with Gasteiger partial charge in [-0.25, -0.2) is 0 Å². The van der Waals surface area contributed by atoms with Crippen molar-refractivity contribution in [3.05, 3.63) is 200 Å². The van der Waals surface area contributed by atoms with Crippen LogP contribution in [0.2, 0.25) is 0 Å². The van der Waals surface area contributed by atoms with E-state index in [9.17, 15) is 0 Å². The molecule has 10 rings (SSSR count). The van der Waals surface area contributed by atoms with Crippen LogP contribution in [-0.2, 0) is 0 Å². The van der Waals surface area contributed by atoms with Gasteiger partial charge in [0.2, 0.25) is 0 Å². The minimum absolute atomic E-state index is 1.14. The maximum absolute atomic E-state index is 3.32. The van der Waals surface area contributed by atoms with Gasteiger partial charge in [0, 0.05) is 0 Å². The number of hydrogen-bond acceptors (Lipinski definition) is 1. The third-order valence-electron chi connectivity index (χ3n) is 10.7. The Balaban J connectivity index is 1.18. The molecule has 0 aromatic heterocycles. The predicted octanol–water partition coefficient (Wildman–Crippen LogP) is 9.83. The molecular formula is C48H33GeN. The van der Waals surface area contributed by atoms with Crippen molar-refractivity contribution >= 4 is 47.9 Å². The molecule has 1 nitrogen and oxygen atoms in total. The van der Waals surface area contributed by atoms with Gasteiger partial charge in [-0.3, -0.25) is 0 Å². The second kappa shape index (κ2) is 11.6. The fourth-order valence-corrected chi connectivity index (χ4v) is 20.4. The first kappa shape index (κ1) is 29.1. The molecule has 0 saturated heterocycles. The van der Waals surface area contributed by atoms with Crippen LogP contribution in [0, 0.1) is 0 Å². The predicted molar refractivity (Wildman–Crippen MR) is 214 cm³/mol. The van der Waals surface area contributed by atoms with E-state index in [1.165, 1.54) is 54.6 Å². The van der Waals surface area contributed by atoms with Crippen LogP contribution in [0.25, 0.3) is 44.5 Å². The Morgan fingerprint density at radius 3 is 1.04 bits per heavy atom. The topological polar surface area (TPSA) is 3.24 Å². The van der Waals surface area contributed by atoms with Crippen molar-refractivity contribution < 1.29 is 0 Å². The second-order valence-corrected chi connectivity index (χ2v) is 20.9. The first-order valence-electron chi connectivity index (χ1n) is 17.4. The fourth-order valence-electron chi connectivity index (χ4n) is 8.54. The van der Waals surface area contributed by atoms with E-state index in [0.717, 1.165) is 11.4 Å². The van der Waals surface area contributed by atoms with E-state index in [1.54, 1.807) is 13.2 Å². The van der Waals surface area contributed by atoms with Crippen LogP contribution in [-0.4, -0.2) is 13.3 Å². The van der Waals surface area contributed by atoms with Crippen molar-refractivity contribution in [3.63, 3.8) is 0 Å². The number of hydrogen-bond donors (Lipinski definition) is 0. The molecule has 0 atom stereocenters. The molecule has 0 radical (unpaired) electrons. The van der Waals surface area contributed by atoms with Gasteiger partial charge in [0.15, 0.2) is 0 Å². The van der Waals surface area contributed by atoms with Gasteiger partial charge in [-0.05, 0) is 0 Å². The summed E-state index contributed by atoms with van der Waals surface area (Å²) in [7, 11) is 0. The van der Waals surface area contributed by atoms with Gasteiger partial charge in [-0.1, -0.05) is 0 Å². The third-order valence-corrected chi connectivity index (χ3v) is 21.1. The molecule has 0 bridgehead atoms. The van der Waals surface area contributed by atoms with E-state index in [0.29, 0.717) is 0 Å². The van der Waals surface area contributed by atoms with Gasteiger partial charge >= 0.3 is 298 Å². The van der Waals surface area contributed by atoms with Crippen molar-refractivity contribution in [2.45, 2.75) is 0 Å². The van der Waals surface area contributed by atoms with E-state index in [4.69, 9.17) is 0 Å². The van der Waals surface area contributed by atoms with Crippen molar-refractivity contribution in [3.8, 4) is 44.5 Å². The molecule has 2 heterocycles. The Morgan fingerprint density at radius 2 is 0.600 bits per heavy atom. The van der Waals surface area contributed by atoms with Crippen LogP contribution in [0.4, 0.5) is 17.1 Å². The van der Waals surface area contributed by atoms with E-state index in [1.807, 2.05) is 0 Å². The number of nitrogens with zero attached hydrogens (tertiary/aromatic N) is 1. The monoisotopic (exact) mass is 697 g/mol. The standard InChI is InChI=1S/C48H33GeN/c1-3-13-34(14-4-1)36-23-27-38(28-24-36)50(39-29-25-37(26-30-39)35-15-5-2-6-16-35)40-31-32-44-43-19-9-12-22-47(43)49(48(44)33-40)45-20-10-7-17-41(45)42-18-8-11-21-46(42)49/h1-33H. The summed E-state index contributed by atoms with van der Waals surface area (Å²) in [5, 5.41) is 0. The average Bonchev–Trinajstić information content (AvgIpc) is 3.66. The molecule has 0 N–H and O–H groups in total. The van der Waals surface area contributed by atoms with Crippen LogP contribution in [0.3, 0.4) is 0 Å². The first-order valence-corrected chi connectivity index (χ1v) is 21.6. The Bertz CT molecular complexity index is 2370. The quantitative estimate of drug-likeness (QED) is 0.162. The van der Waals surface area contributed by atoms with E-state index in [2.05, 4.69) is 205 Å². The summed E-state index contributed by atoms with van der Waals surface area (Å²) in [6.45, 7) is 0. The molecule has 0 aliphatic carbocycles. The molecule has 2 aliphatic heterocycles. The van der Waals surface area contributed by atoms with Crippen LogP contribution >= 0.6 is 0 Å². The van der Waals surface area contributed by atoms with Crippen molar-refractivity contribution in [1.82, 2.24) is 0 Å². The molecule has 1 spiro atoms. The van der Waals surface area contributed by atoms with Crippen LogP contribution in [0.1, 0.15) is 0 Å². The van der Waals surface area contributed by atoms with Gasteiger partial charge in [-0.15, -0.1) is 0 Å². The normalized spacial score (nSPS) is 13.0. The van der Waals surface area contributed by atoms with Gasteiger partial charge in [0.1, 0.15) is 0 Å². The van der Waals surface area contributed by atoms with Crippen LogP contribution in [0.15, 0.2) is 200 Å². The molecular weight excluding hydrogens is 663 g/mol. The van der Waals surface area contributed by atoms with E-state index >= 15 is 0 Å². The molecule has 0 saturated carbocycles. The summed E-state index contributed by atoms with van der Waals surface area (Å²) in [5.74, 6) is 0. The van der Waals surface area contributed by atoms with Gasteiger partial charge in [0.25, 0.3) is 0 Å². The zero-order valence-electron chi connectivity index (χ0n) is 27.5. The summed E-state index contributed by atoms with van der Waals surface area (Å²) in [6.07, 6.45) is 0. The van der Waals surface area contributed by atoms with Gasteiger partial charge in [0.05, 0.1) is 0 Å².